The summed E-state index contributed by atoms with van der Waals surface area (Å²) in [7, 11) is -1.24. The van der Waals surface area contributed by atoms with Gasteiger partial charge in [-0.15, -0.1) is 13.2 Å². The predicted molar refractivity (Wildman–Crippen MR) is 157 cm³/mol. The van der Waals surface area contributed by atoms with Gasteiger partial charge in [0.05, 0.1) is 29.5 Å². The Labute approximate surface area is 228 Å². The van der Waals surface area contributed by atoms with Crippen LogP contribution in [-0.4, -0.2) is 42.1 Å². The van der Waals surface area contributed by atoms with Crippen molar-refractivity contribution < 1.29 is 19.1 Å². The number of alkyl carbamates (subject to hydrolysis) is 1. The summed E-state index contributed by atoms with van der Waals surface area (Å²) in [5.41, 5.74) is 2.39. The Hall–Kier alpha value is -3.17. The summed E-state index contributed by atoms with van der Waals surface area (Å²) in [6.07, 6.45) is 5.01. The monoisotopic (exact) mass is 540 g/mol. The highest BCUT2D eigenvalue weighted by molar-refractivity contribution is 6.76. The summed E-state index contributed by atoms with van der Waals surface area (Å²) in [5.74, 6) is -0.534. The maximum atomic E-state index is 12.7. The van der Waals surface area contributed by atoms with Crippen LogP contribution in [0.25, 0.3) is 11.3 Å². The summed E-state index contributed by atoms with van der Waals surface area (Å²) in [6, 6.07) is 8.49. The Morgan fingerprint density at radius 3 is 2.53 bits per heavy atom. The molecule has 0 aliphatic carbocycles. The fraction of sp³-hybridized carbons (Fsp3) is 0.483. The van der Waals surface area contributed by atoms with Crippen LogP contribution < -0.4 is 10.6 Å². The predicted octanol–water partition coefficient (Wildman–Crippen LogP) is 6.76. The van der Waals surface area contributed by atoms with Crippen LogP contribution in [0.1, 0.15) is 45.7 Å². The number of hydrogen-bond donors (Lipinski definition) is 2. The van der Waals surface area contributed by atoms with Crippen LogP contribution in [0.4, 0.5) is 10.5 Å². The number of nitrogens with one attached hydrogen (secondary N) is 2. The van der Waals surface area contributed by atoms with E-state index in [0.717, 1.165) is 22.9 Å². The molecule has 2 rings (SSSR count). The zero-order valence-electron chi connectivity index (χ0n) is 24.0. The molecule has 0 aliphatic rings. The molecule has 38 heavy (non-hydrogen) atoms. The number of amides is 2. The van der Waals surface area contributed by atoms with E-state index in [0.29, 0.717) is 18.7 Å². The van der Waals surface area contributed by atoms with Crippen molar-refractivity contribution in [3.8, 4) is 11.3 Å². The standard InChI is InChI=1S/C29H44N4O4Si/c1-10-13-24(32-28(35)37-29(4,5)6)22-14-12-15-23(18-22)26-25(31-27(34)21(3)11-2)19-30-33(26)20-36-16-17-38(7,8)9/h10-12,14-15,18-19,21,24H,1-2,13,16-17,20H2,3-9H3,(H,31,34)(H,32,35)/t21-,24+/m1/s1. The highest BCUT2D eigenvalue weighted by atomic mass is 28.3. The Balaban J connectivity index is 2.41. The highest BCUT2D eigenvalue weighted by Crippen LogP contribution is 2.31. The van der Waals surface area contributed by atoms with Crippen LogP contribution in [0.5, 0.6) is 0 Å². The number of aromatic nitrogens is 2. The maximum absolute atomic E-state index is 12.7. The number of rotatable bonds is 13. The number of carbonyl (C=O) groups is 2. The van der Waals surface area contributed by atoms with Gasteiger partial charge in [0.15, 0.2) is 0 Å². The molecular weight excluding hydrogens is 496 g/mol. The average molecular weight is 541 g/mol. The van der Waals surface area contributed by atoms with Crippen molar-refractivity contribution in [2.45, 2.75) is 78.2 Å². The van der Waals surface area contributed by atoms with E-state index in [1.54, 1.807) is 30.0 Å². The molecule has 2 amide bonds. The van der Waals surface area contributed by atoms with Crippen LogP contribution in [0, 0.1) is 5.92 Å². The molecule has 2 aromatic rings. The van der Waals surface area contributed by atoms with Crippen molar-refractivity contribution >= 4 is 25.8 Å². The van der Waals surface area contributed by atoms with Crippen molar-refractivity contribution in [1.29, 1.82) is 0 Å². The van der Waals surface area contributed by atoms with E-state index in [1.807, 2.05) is 45.0 Å². The molecule has 1 heterocycles. The average Bonchev–Trinajstić information content (AvgIpc) is 3.21. The summed E-state index contributed by atoms with van der Waals surface area (Å²) >= 11 is 0. The van der Waals surface area contributed by atoms with Crippen LogP contribution in [0.15, 0.2) is 55.8 Å². The smallest absolute Gasteiger partial charge is 0.408 e. The molecule has 0 bridgehead atoms. The van der Waals surface area contributed by atoms with E-state index in [9.17, 15) is 9.59 Å². The van der Waals surface area contributed by atoms with Gasteiger partial charge in [-0.25, -0.2) is 9.48 Å². The lowest BCUT2D eigenvalue weighted by Gasteiger charge is -2.24. The Kier molecular flexibility index (Phi) is 11.1. The first-order chi connectivity index (χ1) is 17.7. The molecule has 0 fully saturated rings. The normalized spacial score (nSPS) is 13.3. The van der Waals surface area contributed by atoms with Crippen LogP contribution in [0.2, 0.25) is 25.7 Å². The first kappa shape index (κ1) is 31.0. The van der Waals surface area contributed by atoms with E-state index in [-0.39, 0.29) is 24.6 Å². The van der Waals surface area contributed by atoms with E-state index in [1.165, 1.54) is 0 Å². The number of nitrogens with zero attached hydrogens (tertiary/aromatic N) is 2. The Bertz CT molecular complexity index is 1110. The second-order valence-corrected chi connectivity index (χ2v) is 17.2. The van der Waals surface area contributed by atoms with Crippen molar-refractivity contribution in [3.63, 3.8) is 0 Å². The van der Waals surface area contributed by atoms with Crippen LogP contribution in [0.3, 0.4) is 0 Å². The molecule has 2 N–H and O–H groups in total. The zero-order chi connectivity index (χ0) is 28.5. The van der Waals surface area contributed by atoms with Gasteiger partial charge in [0.2, 0.25) is 5.91 Å². The lowest BCUT2D eigenvalue weighted by Crippen LogP contribution is -2.34. The molecule has 0 radical (unpaired) electrons. The van der Waals surface area contributed by atoms with Gasteiger partial charge in [-0.2, -0.15) is 5.10 Å². The highest BCUT2D eigenvalue weighted by Gasteiger charge is 2.22. The van der Waals surface area contributed by atoms with Gasteiger partial charge < -0.3 is 20.1 Å². The molecule has 9 heteroatoms. The largest absolute Gasteiger partial charge is 0.444 e. The van der Waals surface area contributed by atoms with Crippen molar-refractivity contribution in [2.24, 2.45) is 5.92 Å². The number of hydrogen-bond acceptors (Lipinski definition) is 5. The molecule has 0 unspecified atom stereocenters. The molecular formula is C29H44N4O4Si. The van der Waals surface area contributed by atoms with Gasteiger partial charge in [-0.3, -0.25) is 4.79 Å². The molecule has 8 nitrogen and oxygen atoms in total. The van der Waals surface area contributed by atoms with Gasteiger partial charge in [-0.1, -0.05) is 56.9 Å². The van der Waals surface area contributed by atoms with Crippen LogP contribution in [-0.2, 0) is 21.0 Å². The van der Waals surface area contributed by atoms with Crippen molar-refractivity contribution in [2.75, 3.05) is 11.9 Å². The topological polar surface area (TPSA) is 94.5 Å². The zero-order valence-corrected chi connectivity index (χ0v) is 25.0. The Morgan fingerprint density at radius 1 is 1.21 bits per heavy atom. The minimum Gasteiger partial charge on any atom is -0.444 e. The van der Waals surface area contributed by atoms with Gasteiger partial charge in [0.25, 0.3) is 0 Å². The third kappa shape index (κ3) is 9.94. The maximum Gasteiger partial charge on any atom is 0.408 e. The third-order valence-electron chi connectivity index (χ3n) is 5.73. The van der Waals surface area contributed by atoms with Gasteiger partial charge in [0, 0.05) is 20.2 Å². The molecule has 0 saturated heterocycles. The first-order valence-electron chi connectivity index (χ1n) is 13.0. The third-order valence-corrected chi connectivity index (χ3v) is 7.43. The van der Waals surface area contributed by atoms with E-state index in [4.69, 9.17) is 9.47 Å². The SMILES string of the molecule is C=CC[C@H](NC(=O)OC(C)(C)C)c1cccc(-c2c(NC(=O)[C@H](C)C=C)cnn2COCC[Si](C)(C)C)c1. The molecule has 2 atom stereocenters. The quantitative estimate of drug-likeness (QED) is 0.166. The van der Waals surface area contributed by atoms with E-state index >= 15 is 0 Å². The van der Waals surface area contributed by atoms with Gasteiger partial charge >= 0.3 is 6.09 Å². The Morgan fingerprint density at radius 2 is 1.92 bits per heavy atom. The summed E-state index contributed by atoms with van der Waals surface area (Å²) in [6.45, 7) is 22.6. The first-order valence-corrected chi connectivity index (χ1v) is 16.7. The molecule has 1 aromatic heterocycles. The second kappa shape index (κ2) is 13.6. The van der Waals surface area contributed by atoms with E-state index < -0.39 is 19.8 Å². The summed E-state index contributed by atoms with van der Waals surface area (Å²) < 4.78 is 13.2. The molecule has 0 spiro atoms. The molecule has 1 aromatic carbocycles. The van der Waals surface area contributed by atoms with Gasteiger partial charge in [-0.05, 0) is 44.9 Å². The summed E-state index contributed by atoms with van der Waals surface area (Å²) in [5, 5.41) is 10.4. The van der Waals surface area contributed by atoms with Gasteiger partial charge in [0.1, 0.15) is 12.3 Å². The number of ether oxygens (including phenoxy) is 2. The fourth-order valence-corrected chi connectivity index (χ4v) is 4.32. The number of anilines is 1. The second-order valence-electron chi connectivity index (χ2n) is 11.6. The van der Waals surface area contributed by atoms with E-state index in [2.05, 4.69) is 48.5 Å². The fourth-order valence-electron chi connectivity index (χ4n) is 3.56. The van der Waals surface area contributed by atoms with Crippen molar-refractivity contribution in [1.82, 2.24) is 15.1 Å². The van der Waals surface area contributed by atoms with Crippen LogP contribution >= 0.6 is 0 Å². The molecule has 0 aliphatic heterocycles. The minimum atomic E-state index is -1.24. The summed E-state index contributed by atoms with van der Waals surface area (Å²) in [4.78, 5) is 25.2. The number of carbonyl (C=O) groups excluding carboxylic acids is 2. The van der Waals surface area contributed by atoms with Crippen molar-refractivity contribution in [3.05, 3.63) is 61.3 Å². The lowest BCUT2D eigenvalue weighted by molar-refractivity contribution is -0.118. The lowest BCUT2D eigenvalue weighted by atomic mass is 9.99. The molecule has 208 valence electrons. The number of benzene rings is 1. The minimum absolute atomic E-state index is 0.173. The molecule has 0 saturated carbocycles.